The molecule has 3 nitrogen and oxygen atoms in total. The number of carbonyl (C=O) groups is 1. The van der Waals surface area contributed by atoms with Crippen LogP contribution in [0.15, 0.2) is 24.3 Å². The molecule has 118 valence electrons. The summed E-state index contributed by atoms with van der Waals surface area (Å²) in [6.07, 6.45) is 2.05. The maximum atomic E-state index is 10.5. The summed E-state index contributed by atoms with van der Waals surface area (Å²) in [6.45, 7) is 9.58. The van der Waals surface area contributed by atoms with Crippen LogP contribution in [-0.4, -0.2) is 17.6 Å². The second kappa shape index (κ2) is 8.83. The fourth-order valence-electron chi connectivity index (χ4n) is 2.50. The Morgan fingerprint density at radius 2 is 1.71 bits per heavy atom. The zero-order valence-corrected chi connectivity index (χ0v) is 13.7. The zero-order valence-electron chi connectivity index (χ0n) is 13.7. The van der Waals surface area contributed by atoms with Gasteiger partial charge in [-0.1, -0.05) is 52.0 Å². The zero-order chi connectivity index (χ0) is 15.8. The molecule has 0 aliphatic rings. The first kappa shape index (κ1) is 17.7. The molecule has 21 heavy (non-hydrogen) atoms. The smallest absolute Gasteiger partial charge is 0.303 e. The highest BCUT2D eigenvalue weighted by molar-refractivity contribution is 5.66. The van der Waals surface area contributed by atoms with Crippen LogP contribution in [0.1, 0.15) is 70.0 Å². The average molecular weight is 291 g/mol. The normalized spacial score (nSPS) is 14.1. The van der Waals surface area contributed by atoms with Gasteiger partial charge in [0.2, 0.25) is 0 Å². The number of carboxylic acid groups (broad SMARTS) is 1. The molecule has 0 aromatic heterocycles. The van der Waals surface area contributed by atoms with Gasteiger partial charge >= 0.3 is 5.97 Å². The van der Waals surface area contributed by atoms with E-state index in [-0.39, 0.29) is 12.5 Å². The Kier molecular flexibility index (Phi) is 7.44. The molecule has 0 aliphatic carbocycles. The topological polar surface area (TPSA) is 49.3 Å². The van der Waals surface area contributed by atoms with Gasteiger partial charge in [0.1, 0.15) is 0 Å². The molecule has 0 bridgehead atoms. The van der Waals surface area contributed by atoms with Crippen LogP contribution in [0.3, 0.4) is 0 Å². The standard InChI is InChI=1S/C18H29NO2/c1-5-14(4)15-8-10-16(11-9-15)18(13(2)3)19-12-6-7-17(20)21/h8-11,13-14,18-19H,5-7,12H2,1-4H3,(H,20,21). The summed E-state index contributed by atoms with van der Waals surface area (Å²) >= 11 is 0. The number of hydrogen-bond donors (Lipinski definition) is 2. The molecule has 1 rings (SSSR count). The molecule has 2 atom stereocenters. The lowest BCUT2D eigenvalue weighted by molar-refractivity contribution is -0.137. The highest BCUT2D eigenvalue weighted by atomic mass is 16.4. The van der Waals surface area contributed by atoms with Gasteiger partial charge < -0.3 is 10.4 Å². The van der Waals surface area contributed by atoms with Crippen LogP contribution in [0, 0.1) is 5.92 Å². The molecule has 0 saturated carbocycles. The average Bonchev–Trinajstić information content (AvgIpc) is 2.46. The molecular weight excluding hydrogens is 262 g/mol. The largest absolute Gasteiger partial charge is 0.481 e. The van der Waals surface area contributed by atoms with E-state index >= 15 is 0 Å². The Morgan fingerprint density at radius 3 is 2.19 bits per heavy atom. The third-order valence-corrected chi connectivity index (χ3v) is 4.08. The van der Waals surface area contributed by atoms with Crippen LogP contribution < -0.4 is 5.32 Å². The molecule has 0 fully saturated rings. The number of benzene rings is 1. The van der Waals surface area contributed by atoms with Crippen molar-refractivity contribution in [3.63, 3.8) is 0 Å². The maximum Gasteiger partial charge on any atom is 0.303 e. The minimum atomic E-state index is -0.726. The van der Waals surface area contributed by atoms with E-state index in [1.165, 1.54) is 11.1 Å². The molecule has 3 heteroatoms. The van der Waals surface area contributed by atoms with E-state index in [4.69, 9.17) is 5.11 Å². The van der Waals surface area contributed by atoms with Crippen LogP contribution in [0.5, 0.6) is 0 Å². The monoisotopic (exact) mass is 291 g/mol. The molecule has 1 aromatic carbocycles. The first-order valence-corrected chi connectivity index (χ1v) is 8.00. The number of nitrogens with one attached hydrogen (secondary N) is 1. The van der Waals surface area contributed by atoms with Gasteiger partial charge in [-0.15, -0.1) is 0 Å². The van der Waals surface area contributed by atoms with Crippen molar-refractivity contribution in [3.8, 4) is 0 Å². The van der Waals surface area contributed by atoms with Gasteiger partial charge in [-0.05, 0) is 42.3 Å². The minimum Gasteiger partial charge on any atom is -0.481 e. The predicted octanol–water partition coefficient (Wildman–Crippen LogP) is 4.35. The molecule has 0 saturated heterocycles. The van der Waals surface area contributed by atoms with Crippen molar-refractivity contribution in [2.45, 2.75) is 58.9 Å². The van der Waals surface area contributed by atoms with Gasteiger partial charge in [0.25, 0.3) is 0 Å². The van der Waals surface area contributed by atoms with Crippen LogP contribution in [-0.2, 0) is 4.79 Å². The number of carboxylic acids is 1. The fourth-order valence-corrected chi connectivity index (χ4v) is 2.50. The van der Waals surface area contributed by atoms with E-state index < -0.39 is 5.97 Å². The summed E-state index contributed by atoms with van der Waals surface area (Å²) < 4.78 is 0. The van der Waals surface area contributed by atoms with Crippen molar-refractivity contribution in [1.82, 2.24) is 5.32 Å². The highest BCUT2D eigenvalue weighted by Crippen LogP contribution is 2.25. The summed E-state index contributed by atoms with van der Waals surface area (Å²) in [5, 5.41) is 12.2. The molecule has 0 aliphatic heterocycles. The quantitative estimate of drug-likeness (QED) is 0.665. The van der Waals surface area contributed by atoms with E-state index in [0.29, 0.717) is 18.3 Å². The van der Waals surface area contributed by atoms with E-state index in [1.54, 1.807) is 0 Å². The van der Waals surface area contributed by atoms with Gasteiger partial charge in [-0.25, -0.2) is 0 Å². The predicted molar refractivity (Wildman–Crippen MR) is 87.6 cm³/mol. The third-order valence-electron chi connectivity index (χ3n) is 4.08. The van der Waals surface area contributed by atoms with Gasteiger partial charge in [0.05, 0.1) is 0 Å². The van der Waals surface area contributed by atoms with Gasteiger partial charge in [0, 0.05) is 12.5 Å². The SMILES string of the molecule is CCC(C)c1ccc(C(NCCCC(=O)O)C(C)C)cc1. The second-order valence-corrected chi connectivity index (χ2v) is 6.15. The Labute approximate surface area is 128 Å². The van der Waals surface area contributed by atoms with E-state index in [1.807, 2.05) is 0 Å². The summed E-state index contributed by atoms with van der Waals surface area (Å²) in [6, 6.07) is 9.13. The van der Waals surface area contributed by atoms with Gasteiger partial charge in [-0.3, -0.25) is 4.79 Å². The first-order chi connectivity index (χ1) is 9.95. The van der Waals surface area contributed by atoms with Crippen molar-refractivity contribution < 1.29 is 9.90 Å². The van der Waals surface area contributed by atoms with Crippen molar-refractivity contribution in [2.75, 3.05) is 6.54 Å². The second-order valence-electron chi connectivity index (χ2n) is 6.15. The Bertz CT molecular complexity index is 425. The molecule has 2 unspecified atom stereocenters. The summed E-state index contributed by atoms with van der Waals surface area (Å²) in [5.41, 5.74) is 2.67. The first-order valence-electron chi connectivity index (χ1n) is 8.00. The van der Waals surface area contributed by atoms with Crippen LogP contribution in [0.25, 0.3) is 0 Å². The molecule has 0 heterocycles. The molecule has 0 amide bonds. The van der Waals surface area contributed by atoms with Crippen LogP contribution in [0.4, 0.5) is 0 Å². The summed E-state index contributed by atoms with van der Waals surface area (Å²) in [4.78, 5) is 10.5. The lowest BCUT2D eigenvalue weighted by Gasteiger charge is -2.23. The maximum absolute atomic E-state index is 10.5. The molecule has 1 aromatic rings. The lowest BCUT2D eigenvalue weighted by Crippen LogP contribution is -2.27. The van der Waals surface area contributed by atoms with E-state index in [9.17, 15) is 4.79 Å². The van der Waals surface area contributed by atoms with Crippen LogP contribution >= 0.6 is 0 Å². The molecule has 0 radical (unpaired) electrons. The number of aliphatic carboxylic acids is 1. The van der Waals surface area contributed by atoms with Gasteiger partial charge in [0.15, 0.2) is 0 Å². The summed E-state index contributed by atoms with van der Waals surface area (Å²) in [7, 11) is 0. The van der Waals surface area contributed by atoms with Gasteiger partial charge in [-0.2, -0.15) is 0 Å². The Balaban J connectivity index is 2.65. The lowest BCUT2D eigenvalue weighted by atomic mass is 9.92. The van der Waals surface area contributed by atoms with Crippen molar-refractivity contribution in [2.24, 2.45) is 5.92 Å². The van der Waals surface area contributed by atoms with Crippen molar-refractivity contribution in [3.05, 3.63) is 35.4 Å². The fraction of sp³-hybridized carbons (Fsp3) is 0.611. The van der Waals surface area contributed by atoms with Crippen molar-refractivity contribution in [1.29, 1.82) is 0 Å². The number of hydrogen-bond acceptors (Lipinski definition) is 2. The molecule has 2 N–H and O–H groups in total. The molecular formula is C18H29NO2. The third kappa shape index (κ3) is 5.88. The van der Waals surface area contributed by atoms with Crippen molar-refractivity contribution >= 4 is 5.97 Å². The summed E-state index contributed by atoms with van der Waals surface area (Å²) in [5.74, 6) is 0.347. The Morgan fingerprint density at radius 1 is 1.14 bits per heavy atom. The van der Waals surface area contributed by atoms with E-state index in [0.717, 1.165) is 13.0 Å². The van der Waals surface area contributed by atoms with E-state index in [2.05, 4.69) is 57.3 Å². The Hall–Kier alpha value is -1.35. The minimum absolute atomic E-state index is 0.227. The highest BCUT2D eigenvalue weighted by Gasteiger charge is 2.15. The number of rotatable bonds is 9. The van der Waals surface area contributed by atoms with Crippen LogP contribution in [0.2, 0.25) is 0 Å². The molecule has 0 spiro atoms.